The number of hydrogen-bond acceptors (Lipinski definition) is 3. The predicted molar refractivity (Wildman–Crippen MR) is 80.1 cm³/mol. The van der Waals surface area contributed by atoms with E-state index in [0.29, 0.717) is 16.1 Å². The average molecular weight is 325 g/mol. The Kier molecular flexibility index (Phi) is 4.65. The van der Waals surface area contributed by atoms with Crippen LogP contribution in [0.2, 0.25) is 5.02 Å². The Morgan fingerprint density at radius 1 is 1.05 bits per heavy atom. The molecule has 0 radical (unpaired) electrons. The minimum absolute atomic E-state index is 0.125. The van der Waals surface area contributed by atoms with E-state index in [1.807, 2.05) is 0 Å². The molecule has 0 aliphatic heterocycles. The van der Waals surface area contributed by atoms with Crippen molar-refractivity contribution >= 4 is 27.4 Å². The number of halogens is 1. The SMILES string of the molecule is O=C(O)Cc1ccccc1CS(=O)(=O)c1cccc(Cl)c1. The van der Waals surface area contributed by atoms with Crippen molar-refractivity contribution in [3.05, 3.63) is 64.7 Å². The second-order valence-electron chi connectivity index (χ2n) is 4.56. The fourth-order valence-corrected chi connectivity index (χ4v) is 3.69. The molecule has 0 heterocycles. The number of rotatable bonds is 5. The molecule has 0 amide bonds. The second kappa shape index (κ2) is 6.28. The molecular formula is C15H13ClO4S. The van der Waals surface area contributed by atoms with Crippen molar-refractivity contribution in [2.45, 2.75) is 17.1 Å². The second-order valence-corrected chi connectivity index (χ2v) is 6.98. The highest BCUT2D eigenvalue weighted by Gasteiger charge is 2.18. The number of benzene rings is 2. The quantitative estimate of drug-likeness (QED) is 0.918. The van der Waals surface area contributed by atoms with Crippen LogP contribution in [0, 0.1) is 0 Å². The third-order valence-electron chi connectivity index (χ3n) is 2.96. The summed E-state index contributed by atoms with van der Waals surface area (Å²) in [5, 5.41) is 9.22. The van der Waals surface area contributed by atoms with Gasteiger partial charge in [-0.05, 0) is 29.3 Å². The number of aliphatic carboxylic acids is 1. The third-order valence-corrected chi connectivity index (χ3v) is 4.86. The van der Waals surface area contributed by atoms with Gasteiger partial charge in [-0.15, -0.1) is 0 Å². The summed E-state index contributed by atoms with van der Waals surface area (Å²) in [5.41, 5.74) is 0.982. The van der Waals surface area contributed by atoms with Gasteiger partial charge < -0.3 is 5.11 Å². The van der Waals surface area contributed by atoms with Crippen molar-refractivity contribution in [3.63, 3.8) is 0 Å². The van der Waals surface area contributed by atoms with Crippen LogP contribution in [-0.4, -0.2) is 19.5 Å². The number of carboxylic acids is 1. The molecule has 0 atom stereocenters. The van der Waals surface area contributed by atoms with Crippen molar-refractivity contribution in [1.29, 1.82) is 0 Å². The van der Waals surface area contributed by atoms with Crippen molar-refractivity contribution in [2.24, 2.45) is 0 Å². The van der Waals surface area contributed by atoms with Crippen LogP contribution in [0.4, 0.5) is 0 Å². The summed E-state index contributed by atoms with van der Waals surface area (Å²) in [7, 11) is -3.57. The molecule has 1 N–H and O–H groups in total. The summed E-state index contributed by atoms with van der Waals surface area (Å²) in [6.45, 7) is 0. The minimum atomic E-state index is -3.57. The molecule has 0 fully saturated rings. The Balaban J connectivity index is 2.35. The molecule has 2 aromatic rings. The molecule has 110 valence electrons. The molecule has 2 aromatic carbocycles. The molecule has 0 saturated carbocycles. The van der Waals surface area contributed by atoms with Crippen LogP contribution < -0.4 is 0 Å². The van der Waals surface area contributed by atoms with Gasteiger partial charge in [-0.3, -0.25) is 4.79 Å². The van der Waals surface area contributed by atoms with E-state index in [0.717, 1.165) is 0 Å². The molecule has 0 aromatic heterocycles. The Labute approximate surface area is 127 Å². The lowest BCUT2D eigenvalue weighted by atomic mass is 10.1. The van der Waals surface area contributed by atoms with E-state index in [9.17, 15) is 13.2 Å². The molecule has 0 aliphatic rings. The number of hydrogen-bond donors (Lipinski definition) is 1. The number of carboxylic acid groups (broad SMARTS) is 1. The maximum absolute atomic E-state index is 12.4. The van der Waals surface area contributed by atoms with E-state index in [1.165, 1.54) is 12.1 Å². The average Bonchev–Trinajstić information content (AvgIpc) is 2.40. The highest BCUT2D eigenvalue weighted by atomic mass is 35.5. The molecule has 0 unspecified atom stereocenters. The molecule has 0 bridgehead atoms. The first-order valence-corrected chi connectivity index (χ1v) is 8.18. The monoisotopic (exact) mass is 324 g/mol. The van der Waals surface area contributed by atoms with Crippen LogP contribution in [0.15, 0.2) is 53.4 Å². The molecule has 0 spiro atoms. The van der Waals surface area contributed by atoms with E-state index >= 15 is 0 Å². The zero-order chi connectivity index (χ0) is 15.5. The lowest BCUT2D eigenvalue weighted by Gasteiger charge is -2.09. The van der Waals surface area contributed by atoms with E-state index in [4.69, 9.17) is 16.7 Å². The summed E-state index contributed by atoms with van der Waals surface area (Å²) in [6.07, 6.45) is -0.207. The summed E-state index contributed by atoms with van der Waals surface area (Å²) in [5.74, 6) is -1.25. The number of sulfone groups is 1. The topological polar surface area (TPSA) is 71.4 Å². The fraction of sp³-hybridized carbons (Fsp3) is 0.133. The summed E-state index contributed by atoms with van der Waals surface area (Å²) in [4.78, 5) is 11.0. The smallest absolute Gasteiger partial charge is 0.307 e. The normalized spacial score (nSPS) is 11.3. The van der Waals surface area contributed by atoms with Gasteiger partial charge in [-0.1, -0.05) is 41.9 Å². The van der Waals surface area contributed by atoms with Crippen LogP contribution in [0.3, 0.4) is 0 Å². The highest BCUT2D eigenvalue weighted by Crippen LogP contribution is 2.22. The standard InChI is InChI=1S/C15H13ClO4S/c16-13-6-3-7-14(9-13)21(19,20)10-12-5-2-1-4-11(12)8-15(17)18/h1-7,9H,8,10H2,(H,17,18). The third kappa shape index (κ3) is 4.06. The van der Waals surface area contributed by atoms with Crippen molar-refractivity contribution in [2.75, 3.05) is 0 Å². The Morgan fingerprint density at radius 2 is 1.71 bits per heavy atom. The highest BCUT2D eigenvalue weighted by molar-refractivity contribution is 7.90. The molecule has 21 heavy (non-hydrogen) atoms. The van der Waals surface area contributed by atoms with Gasteiger partial charge in [-0.25, -0.2) is 8.42 Å². The van der Waals surface area contributed by atoms with Gasteiger partial charge in [-0.2, -0.15) is 0 Å². The van der Waals surface area contributed by atoms with Gasteiger partial charge >= 0.3 is 5.97 Å². The van der Waals surface area contributed by atoms with Crippen molar-refractivity contribution < 1.29 is 18.3 Å². The van der Waals surface area contributed by atoms with Gasteiger partial charge in [0.25, 0.3) is 0 Å². The van der Waals surface area contributed by atoms with E-state index in [-0.39, 0.29) is 17.1 Å². The van der Waals surface area contributed by atoms with E-state index in [2.05, 4.69) is 0 Å². The maximum Gasteiger partial charge on any atom is 0.307 e. The molecule has 0 saturated heterocycles. The van der Waals surface area contributed by atoms with E-state index < -0.39 is 15.8 Å². The largest absolute Gasteiger partial charge is 0.481 e. The Bertz CT molecular complexity index is 769. The molecule has 4 nitrogen and oxygen atoms in total. The summed E-state index contributed by atoms with van der Waals surface area (Å²) < 4.78 is 24.8. The fourth-order valence-electron chi connectivity index (χ4n) is 1.98. The molecular weight excluding hydrogens is 312 g/mol. The maximum atomic E-state index is 12.4. The van der Waals surface area contributed by atoms with Gasteiger partial charge in [0.1, 0.15) is 0 Å². The van der Waals surface area contributed by atoms with Crippen molar-refractivity contribution in [3.8, 4) is 0 Å². The summed E-state index contributed by atoms with van der Waals surface area (Å²) >= 11 is 5.81. The Hall–Kier alpha value is -1.85. The predicted octanol–water partition coefficient (Wildman–Crippen LogP) is 2.94. The van der Waals surface area contributed by atoms with E-state index in [1.54, 1.807) is 36.4 Å². The van der Waals surface area contributed by atoms with Crippen LogP contribution >= 0.6 is 11.6 Å². The summed E-state index contributed by atoms with van der Waals surface area (Å²) in [6, 6.07) is 12.6. The first-order valence-electron chi connectivity index (χ1n) is 6.15. The molecule has 0 aliphatic carbocycles. The minimum Gasteiger partial charge on any atom is -0.481 e. The lowest BCUT2D eigenvalue weighted by molar-refractivity contribution is -0.136. The van der Waals surface area contributed by atoms with Gasteiger partial charge in [0.2, 0.25) is 0 Å². The zero-order valence-electron chi connectivity index (χ0n) is 11.0. The first-order chi connectivity index (χ1) is 9.88. The van der Waals surface area contributed by atoms with Crippen molar-refractivity contribution in [1.82, 2.24) is 0 Å². The zero-order valence-corrected chi connectivity index (χ0v) is 12.6. The van der Waals surface area contributed by atoms with Gasteiger partial charge in [0.05, 0.1) is 17.1 Å². The molecule has 6 heteroatoms. The van der Waals surface area contributed by atoms with Gasteiger partial charge in [0.15, 0.2) is 9.84 Å². The lowest BCUT2D eigenvalue weighted by Crippen LogP contribution is -2.09. The van der Waals surface area contributed by atoms with Crippen LogP contribution in [0.5, 0.6) is 0 Å². The van der Waals surface area contributed by atoms with Gasteiger partial charge in [0, 0.05) is 5.02 Å². The van der Waals surface area contributed by atoms with Crippen LogP contribution in [0.25, 0.3) is 0 Å². The Morgan fingerprint density at radius 3 is 2.33 bits per heavy atom. The first kappa shape index (κ1) is 15.5. The number of carbonyl (C=O) groups is 1. The molecule has 2 rings (SSSR count). The van der Waals surface area contributed by atoms with Crippen LogP contribution in [0.1, 0.15) is 11.1 Å². The van der Waals surface area contributed by atoms with Crippen LogP contribution in [-0.2, 0) is 26.8 Å².